The quantitative estimate of drug-likeness (QED) is 0.672. The van der Waals surface area contributed by atoms with Gasteiger partial charge in [-0.3, -0.25) is 4.79 Å². The van der Waals surface area contributed by atoms with Crippen LogP contribution in [-0.2, 0) is 4.79 Å². The Hall–Kier alpha value is -0.610. The molecule has 0 unspecified atom stereocenters. The Bertz CT molecular complexity index is 205. The molecule has 82 valence electrons. The van der Waals surface area contributed by atoms with Crippen molar-refractivity contribution in [3.63, 3.8) is 0 Å². The van der Waals surface area contributed by atoms with Gasteiger partial charge in [-0.1, -0.05) is 0 Å². The molecule has 4 nitrogen and oxygen atoms in total. The molecule has 1 saturated heterocycles. The second-order valence-electron chi connectivity index (χ2n) is 4.66. The van der Waals surface area contributed by atoms with E-state index in [1.165, 1.54) is 0 Å². The molecular formula is C10H20N2O2. The lowest BCUT2D eigenvalue weighted by Gasteiger charge is -2.27. The van der Waals surface area contributed by atoms with Crippen LogP contribution in [0.5, 0.6) is 0 Å². The van der Waals surface area contributed by atoms with Crippen LogP contribution in [0.2, 0.25) is 0 Å². The first kappa shape index (κ1) is 11.5. The van der Waals surface area contributed by atoms with E-state index in [1.807, 2.05) is 0 Å². The summed E-state index contributed by atoms with van der Waals surface area (Å²) < 4.78 is 0. The van der Waals surface area contributed by atoms with E-state index >= 15 is 0 Å². The second kappa shape index (κ2) is 4.28. The van der Waals surface area contributed by atoms with Crippen LogP contribution in [0.4, 0.5) is 0 Å². The summed E-state index contributed by atoms with van der Waals surface area (Å²) in [6.45, 7) is 4.72. The average Bonchev–Trinajstić information content (AvgIpc) is 2.51. The summed E-state index contributed by atoms with van der Waals surface area (Å²) in [5, 5.41) is 12.7. The van der Waals surface area contributed by atoms with Gasteiger partial charge in [-0.05, 0) is 33.2 Å². The van der Waals surface area contributed by atoms with Crippen LogP contribution in [0.25, 0.3) is 0 Å². The number of rotatable bonds is 3. The largest absolute Gasteiger partial charge is 0.389 e. The fourth-order valence-electron chi connectivity index (χ4n) is 1.82. The number of likely N-dealkylation sites (N-methyl/N-ethyl adjacent to an activating group) is 1. The molecule has 0 radical (unpaired) electrons. The highest BCUT2D eigenvalue weighted by Crippen LogP contribution is 2.10. The molecule has 1 atom stereocenters. The number of nitrogens with zero attached hydrogens (tertiary/aromatic N) is 1. The summed E-state index contributed by atoms with van der Waals surface area (Å²) in [7, 11) is 1.74. The maximum absolute atomic E-state index is 11.8. The number of amides is 1. The molecule has 0 aromatic rings. The minimum Gasteiger partial charge on any atom is -0.389 e. The molecule has 2 N–H and O–H groups in total. The normalized spacial score (nSPS) is 22.4. The summed E-state index contributed by atoms with van der Waals surface area (Å²) in [5.74, 6) is 0.0876. The minimum absolute atomic E-state index is 0.0395. The van der Waals surface area contributed by atoms with Gasteiger partial charge in [0.15, 0.2) is 0 Å². The van der Waals surface area contributed by atoms with Gasteiger partial charge in [0, 0.05) is 13.6 Å². The Kier molecular flexibility index (Phi) is 3.50. The van der Waals surface area contributed by atoms with Crippen LogP contribution >= 0.6 is 0 Å². The summed E-state index contributed by atoms with van der Waals surface area (Å²) in [5.41, 5.74) is -0.816. The Balaban J connectivity index is 2.43. The van der Waals surface area contributed by atoms with E-state index in [-0.39, 0.29) is 11.9 Å². The predicted molar refractivity (Wildman–Crippen MR) is 55.0 cm³/mol. The van der Waals surface area contributed by atoms with Gasteiger partial charge in [0.25, 0.3) is 0 Å². The van der Waals surface area contributed by atoms with Gasteiger partial charge in [-0.25, -0.2) is 0 Å². The van der Waals surface area contributed by atoms with Crippen LogP contribution in [0.1, 0.15) is 26.7 Å². The van der Waals surface area contributed by atoms with E-state index in [0.29, 0.717) is 6.54 Å². The minimum atomic E-state index is -0.816. The molecule has 0 saturated carbocycles. The van der Waals surface area contributed by atoms with Crippen molar-refractivity contribution in [2.45, 2.75) is 38.3 Å². The van der Waals surface area contributed by atoms with Gasteiger partial charge in [-0.2, -0.15) is 0 Å². The van der Waals surface area contributed by atoms with Crippen molar-refractivity contribution < 1.29 is 9.90 Å². The number of carbonyl (C=O) groups excluding carboxylic acids is 1. The van der Waals surface area contributed by atoms with E-state index < -0.39 is 5.60 Å². The second-order valence-corrected chi connectivity index (χ2v) is 4.66. The molecule has 4 heteroatoms. The molecular weight excluding hydrogens is 180 g/mol. The van der Waals surface area contributed by atoms with Crippen LogP contribution in [0, 0.1) is 0 Å². The predicted octanol–water partition coefficient (Wildman–Crippen LogP) is -0.0323. The van der Waals surface area contributed by atoms with E-state index in [0.717, 1.165) is 19.4 Å². The average molecular weight is 200 g/mol. The van der Waals surface area contributed by atoms with E-state index in [9.17, 15) is 9.90 Å². The fraction of sp³-hybridized carbons (Fsp3) is 0.900. The van der Waals surface area contributed by atoms with Crippen LogP contribution < -0.4 is 5.32 Å². The lowest BCUT2D eigenvalue weighted by Crippen LogP contribution is -2.46. The van der Waals surface area contributed by atoms with E-state index in [4.69, 9.17) is 0 Å². The van der Waals surface area contributed by atoms with Crippen LogP contribution in [-0.4, -0.2) is 47.7 Å². The number of carbonyl (C=O) groups is 1. The monoisotopic (exact) mass is 200 g/mol. The Morgan fingerprint density at radius 1 is 1.64 bits per heavy atom. The zero-order valence-corrected chi connectivity index (χ0v) is 9.21. The van der Waals surface area contributed by atoms with E-state index in [1.54, 1.807) is 25.8 Å². The molecule has 1 aliphatic rings. The lowest BCUT2D eigenvalue weighted by atomic mass is 10.1. The highest BCUT2D eigenvalue weighted by atomic mass is 16.3. The van der Waals surface area contributed by atoms with Crippen molar-refractivity contribution in [3.05, 3.63) is 0 Å². The van der Waals surface area contributed by atoms with Gasteiger partial charge < -0.3 is 15.3 Å². The van der Waals surface area contributed by atoms with Crippen molar-refractivity contribution in [3.8, 4) is 0 Å². The molecule has 0 aliphatic carbocycles. The highest BCUT2D eigenvalue weighted by Gasteiger charge is 2.27. The van der Waals surface area contributed by atoms with Crippen LogP contribution in [0.3, 0.4) is 0 Å². The molecule has 1 fully saturated rings. The number of hydrogen-bond donors (Lipinski definition) is 2. The Morgan fingerprint density at radius 3 is 2.71 bits per heavy atom. The molecule has 0 aromatic carbocycles. The SMILES string of the molecule is CN(CC(C)(C)O)C(=O)[C@@H]1CCCN1. The maximum Gasteiger partial charge on any atom is 0.239 e. The van der Waals surface area contributed by atoms with Gasteiger partial charge in [0.2, 0.25) is 5.91 Å². The van der Waals surface area contributed by atoms with Crippen molar-refractivity contribution in [2.75, 3.05) is 20.1 Å². The van der Waals surface area contributed by atoms with Crippen molar-refractivity contribution >= 4 is 5.91 Å². The number of hydrogen-bond acceptors (Lipinski definition) is 3. The molecule has 1 heterocycles. The highest BCUT2D eigenvalue weighted by molar-refractivity contribution is 5.82. The molecule has 0 spiro atoms. The summed E-state index contributed by atoms with van der Waals surface area (Å²) in [6.07, 6.45) is 1.97. The lowest BCUT2D eigenvalue weighted by molar-refractivity contribution is -0.134. The molecule has 14 heavy (non-hydrogen) atoms. The van der Waals surface area contributed by atoms with Crippen molar-refractivity contribution in [1.29, 1.82) is 0 Å². The van der Waals surface area contributed by atoms with Crippen LogP contribution in [0.15, 0.2) is 0 Å². The van der Waals surface area contributed by atoms with Crippen molar-refractivity contribution in [2.24, 2.45) is 0 Å². The summed E-state index contributed by atoms with van der Waals surface area (Å²) in [6, 6.07) is -0.0395. The van der Waals surface area contributed by atoms with Crippen molar-refractivity contribution in [1.82, 2.24) is 10.2 Å². The fourth-order valence-corrected chi connectivity index (χ4v) is 1.82. The van der Waals surface area contributed by atoms with Gasteiger partial charge in [-0.15, -0.1) is 0 Å². The molecule has 0 bridgehead atoms. The van der Waals surface area contributed by atoms with E-state index in [2.05, 4.69) is 5.32 Å². The summed E-state index contributed by atoms with van der Waals surface area (Å²) >= 11 is 0. The third kappa shape index (κ3) is 3.27. The van der Waals surface area contributed by atoms with Gasteiger partial charge in [0.05, 0.1) is 11.6 Å². The zero-order valence-electron chi connectivity index (χ0n) is 9.21. The molecule has 1 aliphatic heterocycles. The third-order valence-electron chi connectivity index (χ3n) is 2.36. The molecule has 0 aromatic heterocycles. The van der Waals surface area contributed by atoms with Gasteiger partial charge in [0.1, 0.15) is 0 Å². The zero-order chi connectivity index (χ0) is 10.8. The number of nitrogens with one attached hydrogen (secondary N) is 1. The first-order valence-corrected chi connectivity index (χ1v) is 5.11. The van der Waals surface area contributed by atoms with Gasteiger partial charge >= 0.3 is 0 Å². The smallest absolute Gasteiger partial charge is 0.239 e. The summed E-state index contributed by atoms with van der Waals surface area (Å²) in [4.78, 5) is 13.4. The maximum atomic E-state index is 11.8. The number of aliphatic hydroxyl groups is 1. The third-order valence-corrected chi connectivity index (χ3v) is 2.36. The first-order valence-electron chi connectivity index (χ1n) is 5.11. The Labute approximate surface area is 85.3 Å². The standard InChI is InChI=1S/C10H20N2O2/c1-10(2,14)7-12(3)9(13)8-5-4-6-11-8/h8,11,14H,4-7H2,1-3H3/t8-/m0/s1. The molecule has 1 amide bonds. The molecule has 1 rings (SSSR count). The topological polar surface area (TPSA) is 52.6 Å². The Morgan fingerprint density at radius 2 is 2.29 bits per heavy atom. The first-order chi connectivity index (χ1) is 6.40.